The number of carbonyl (C=O) groups is 2. The molecule has 4 heteroatoms. The quantitative estimate of drug-likeness (QED) is 0.177. The van der Waals surface area contributed by atoms with Crippen molar-refractivity contribution >= 4 is 11.9 Å². The molecule has 0 atom stereocenters. The minimum absolute atomic E-state index is 0.222. The zero-order valence-corrected chi connectivity index (χ0v) is 20.7. The highest BCUT2D eigenvalue weighted by Crippen LogP contribution is 2.33. The molecular formula is C28H46O4. The predicted molar refractivity (Wildman–Crippen MR) is 132 cm³/mol. The molecule has 1 aromatic carbocycles. The molecule has 0 amide bonds. The molecular weight excluding hydrogens is 400 g/mol. The molecule has 1 rings (SSSR count). The first-order chi connectivity index (χ1) is 15.2. The number of unbranched alkanes of at least 4 members (excludes halogenated alkanes) is 9. The first-order valence-corrected chi connectivity index (χ1v) is 12.7. The molecule has 0 saturated heterocycles. The zero-order valence-electron chi connectivity index (χ0n) is 20.7. The molecule has 4 nitrogen and oxygen atoms in total. The summed E-state index contributed by atoms with van der Waals surface area (Å²) in [7, 11) is 0. The van der Waals surface area contributed by atoms with E-state index in [0.717, 1.165) is 38.5 Å². The van der Waals surface area contributed by atoms with Gasteiger partial charge in [-0.25, -0.2) is 0 Å². The summed E-state index contributed by atoms with van der Waals surface area (Å²) in [5.41, 5.74) is 0.0620. The Labute approximate surface area is 195 Å². The van der Waals surface area contributed by atoms with E-state index < -0.39 is 17.4 Å². The minimum Gasteiger partial charge on any atom is -0.480 e. The summed E-state index contributed by atoms with van der Waals surface area (Å²) in [4.78, 5) is 23.8. The van der Waals surface area contributed by atoms with E-state index in [1.54, 1.807) is 0 Å². The van der Waals surface area contributed by atoms with Crippen LogP contribution in [-0.4, -0.2) is 22.2 Å². The van der Waals surface area contributed by atoms with Gasteiger partial charge < -0.3 is 10.2 Å². The molecule has 0 aliphatic heterocycles. The van der Waals surface area contributed by atoms with Crippen molar-refractivity contribution in [3.05, 3.63) is 35.9 Å². The fourth-order valence-corrected chi connectivity index (χ4v) is 4.36. The van der Waals surface area contributed by atoms with Crippen LogP contribution in [0.4, 0.5) is 0 Å². The third kappa shape index (κ3) is 11.7. The number of hydrogen-bond donors (Lipinski definition) is 2. The number of aryl methyl sites for hydroxylation is 1. The van der Waals surface area contributed by atoms with Crippen LogP contribution in [0.25, 0.3) is 0 Å². The molecule has 0 aromatic heterocycles. The maximum Gasteiger partial charge on any atom is 0.321 e. The lowest BCUT2D eigenvalue weighted by atomic mass is 9.78. The Bertz CT molecular complexity index is 631. The Hall–Kier alpha value is -1.84. The topological polar surface area (TPSA) is 74.6 Å². The van der Waals surface area contributed by atoms with E-state index >= 15 is 0 Å². The predicted octanol–water partition coefficient (Wildman–Crippen LogP) is 7.89. The number of rotatable bonds is 18. The summed E-state index contributed by atoms with van der Waals surface area (Å²) in [5.74, 6) is -2.35. The molecule has 2 N–H and O–H groups in total. The Morgan fingerprint density at radius 3 is 1.47 bits per heavy atom. The third-order valence-corrected chi connectivity index (χ3v) is 6.51. The van der Waals surface area contributed by atoms with Gasteiger partial charge in [0.2, 0.25) is 0 Å². The Balaban J connectivity index is 2.26. The van der Waals surface area contributed by atoms with Crippen molar-refractivity contribution in [2.45, 2.75) is 117 Å². The van der Waals surface area contributed by atoms with Crippen LogP contribution in [0.5, 0.6) is 0 Å². The molecule has 0 aliphatic rings. The second-order valence-corrected chi connectivity index (χ2v) is 10.6. The fourth-order valence-electron chi connectivity index (χ4n) is 4.36. The normalized spacial score (nSPS) is 12.1. The Morgan fingerprint density at radius 2 is 1.03 bits per heavy atom. The number of carboxylic acids is 2. The van der Waals surface area contributed by atoms with Crippen molar-refractivity contribution < 1.29 is 19.8 Å². The van der Waals surface area contributed by atoms with E-state index in [9.17, 15) is 19.8 Å². The zero-order chi connectivity index (χ0) is 23.9. The average molecular weight is 447 g/mol. The average Bonchev–Trinajstić information content (AvgIpc) is 2.72. The van der Waals surface area contributed by atoms with Gasteiger partial charge in [0, 0.05) is 0 Å². The van der Waals surface area contributed by atoms with Crippen LogP contribution >= 0.6 is 0 Å². The van der Waals surface area contributed by atoms with E-state index in [2.05, 4.69) is 32.9 Å². The van der Waals surface area contributed by atoms with Crippen LogP contribution in [0.2, 0.25) is 0 Å². The molecule has 0 saturated carbocycles. The highest BCUT2D eigenvalue weighted by Gasteiger charge is 2.45. The SMILES string of the molecule is CC(C)(C)CCCCCCCCCCC(CCCCCc1ccccc1)(C(=O)O)C(=O)O. The van der Waals surface area contributed by atoms with E-state index in [0.29, 0.717) is 18.3 Å². The Morgan fingerprint density at radius 1 is 0.625 bits per heavy atom. The molecule has 1 aromatic rings. The van der Waals surface area contributed by atoms with Crippen molar-refractivity contribution in [2.24, 2.45) is 10.8 Å². The lowest BCUT2D eigenvalue weighted by molar-refractivity contribution is -0.166. The van der Waals surface area contributed by atoms with Crippen molar-refractivity contribution in [1.82, 2.24) is 0 Å². The highest BCUT2D eigenvalue weighted by atomic mass is 16.4. The van der Waals surface area contributed by atoms with Crippen LogP contribution in [0, 0.1) is 10.8 Å². The van der Waals surface area contributed by atoms with Crippen LogP contribution in [0.15, 0.2) is 30.3 Å². The number of aliphatic carboxylic acids is 2. The molecule has 182 valence electrons. The molecule has 0 heterocycles. The number of benzene rings is 1. The van der Waals surface area contributed by atoms with Crippen molar-refractivity contribution in [1.29, 1.82) is 0 Å². The van der Waals surface area contributed by atoms with E-state index in [-0.39, 0.29) is 12.8 Å². The van der Waals surface area contributed by atoms with Gasteiger partial charge in [-0.15, -0.1) is 0 Å². The Kier molecular flexibility index (Phi) is 13.3. The second-order valence-electron chi connectivity index (χ2n) is 10.6. The molecule has 0 unspecified atom stereocenters. The summed E-state index contributed by atoms with van der Waals surface area (Å²) >= 11 is 0. The van der Waals surface area contributed by atoms with Crippen molar-refractivity contribution in [3.8, 4) is 0 Å². The fraction of sp³-hybridized carbons (Fsp3) is 0.714. The standard InChI is InChI=1S/C28H46O4/c1-27(2,3)21-15-8-6-4-5-7-9-16-22-28(25(29)30,26(31)32)23-17-11-14-20-24-18-12-10-13-19-24/h10,12-13,18-19H,4-9,11,14-17,20-23H2,1-3H3,(H,29,30)(H,31,32). The van der Waals surface area contributed by atoms with E-state index in [4.69, 9.17) is 0 Å². The van der Waals surface area contributed by atoms with Gasteiger partial charge in [0.1, 0.15) is 0 Å². The number of carboxylic acid groups (broad SMARTS) is 2. The summed E-state index contributed by atoms with van der Waals surface area (Å²) in [5, 5.41) is 19.5. The van der Waals surface area contributed by atoms with Crippen LogP contribution in [0.1, 0.15) is 116 Å². The minimum atomic E-state index is -1.63. The molecule has 32 heavy (non-hydrogen) atoms. The van der Waals surface area contributed by atoms with Gasteiger partial charge in [-0.1, -0.05) is 115 Å². The van der Waals surface area contributed by atoms with Crippen LogP contribution in [-0.2, 0) is 16.0 Å². The summed E-state index contributed by atoms with van der Waals surface area (Å²) < 4.78 is 0. The van der Waals surface area contributed by atoms with Gasteiger partial charge in [-0.3, -0.25) is 9.59 Å². The molecule has 0 radical (unpaired) electrons. The smallest absolute Gasteiger partial charge is 0.321 e. The molecule has 0 spiro atoms. The first kappa shape index (κ1) is 28.2. The largest absolute Gasteiger partial charge is 0.480 e. The molecule has 0 aliphatic carbocycles. The maximum atomic E-state index is 11.9. The lowest BCUT2D eigenvalue weighted by Crippen LogP contribution is -2.39. The van der Waals surface area contributed by atoms with Crippen LogP contribution < -0.4 is 0 Å². The highest BCUT2D eigenvalue weighted by molar-refractivity contribution is 5.98. The second kappa shape index (κ2) is 15.1. The van der Waals surface area contributed by atoms with Gasteiger partial charge in [0.05, 0.1) is 0 Å². The summed E-state index contributed by atoms with van der Waals surface area (Å²) in [6.07, 6.45) is 14.0. The van der Waals surface area contributed by atoms with E-state index in [1.807, 2.05) is 18.2 Å². The van der Waals surface area contributed by atoms with Crippen LogP contribution in [0.3, 0.4) is 0 Å². The van der Waals surface area contributed by atoms with Crippen molar-refractivity contribution in [2.75, 3.05) is 0 Å². The third-order valence-electron chi connectivity index (χ3n) is 6.51. The van der Waals surface area contributed by atoms with Gasteiger partial charge in [0.15, 0.2) is 5.41 Å². The summed E-state index contributed by atoms with van der Waals surface area (Å²) in [6.45, 7) is 6.85. The van der Waals surface area contributed by atoms with Gasteiger partial charge in [-0.05, 0) is 43.1 Å². The molecule has 0 fully saturated rings. The van der Waals surface area contributed by atoms with Gasteiger partial charge >= 0.3 is 11.9 Å². The molecule has 0 bridgehead atoms. The first-order valence-electron chi connectivity index (χ1n) is 12.7. The van der Waals surface area contributed by atoms with E-state index in [1.165, 1.54) is 37.7 Å². The lowest BCUT2D eigenvalue weighted by Gasteiger charge is -2.25. The number of hydrogen-bond acceptors (Lipinski definition) is 2. The van der Waals surface area contributed by atoms with Crippen molar-refractivity contribution in [3.63, 3.8) is 0 Å². The van der Waals surface area contributed by atoms with Gasteiger partial charge in [-0.2, -0.15) is 0 Å². The maximum absolute atomic E-state index is 11.9. The van der Waals surface area contributed by atoms with Gasteiger partial charge in [0.25, 0.3) is 0 Å². The summed E-state index contributed by atoms with van der Waals surface area (Å²) in [6, 6.07) is 10.2. The monoisotopic (exact) mass is 446 g/mol.